The monoisotopic (exact) mass is 385 g/mol. The number of aromatic nitrogens is 2. The summed E-state index contributed by atoms with van der Waals surface area (Å²) in [6.07, 6.45) is -4.40. The highest BCUT2D eigenvalue weighted by Gasteiger charge is 2.34. The number of nitrogens with zero attached hydrogens (tertiary/aromatic N) is 2. The number of alkyl halides is 3. The molecule has 0 amide bonds. The summed E-state index contributed by atoms with van der Waals surface area (Å²) in [6.45, 7) is 0.167. The molecule has 2 N–H and O–H groups in total. The van der Waals surface area contributed by atoms with E-state index in [1.807, 2.05) is 0 Å². The van der Waals surface area contributed by atoms with Crippen LogP contribution in [0.5, 0.6) is 0 Å². The van der Waals surface area contributed by atoms with Gasteiger partial charge >= 0.3 is 6.18 Å². The molecule has 0 spiro atoms. The first-order chi connectivity index (χ1) is 12.6. The summed E-state index contributed by atoms with van der Waals surface area (Å²) in [4.78, 5) is 4.22. The highest BCUT2D eigenvalue weighted by molar-refractivity contribution is 5.77. The highest BCUT2D eigenvalue weighted by atomic mass is 19.4. The van der Waals surface area contributed by atoms with Crippen molar-refractivity contribution in [1.29, 1.82) is 0 Å². The molecule has 0 saturated carbocycles. The lowest BCUT2D eigenvalue weighted by Gasteiger charge is -2.30. The number of hydrogen-bond acceptors (Lipinski definition) is 2. The first-order valence-corrected chi connectivity index (χ1v) is 8.11. The van der Waals surface area contributed by atoms with Crippen molar-refractivity contribution in [2.75, 3.05) is 0 Å². The quantitative estimate of drug-likeness (QED) is 0.506. The van der Waals surface area contributed by atoms with Gasteiger partial charge in [0, 0.05) is 31.0 Å². The fourth-order valence-corrected chi connectivity index (χ4v) is 3.56. The van der Waals surface area contributed by atoms with Crippen molar-refractivity contribution in [2.45, 2.75) is 31.1 Å². The van der Waals surface area contributed by atoms with Crippen LogP contribution in [-0.4, -0.2) is 15.6 Å². The lowest BCUT2D eigenvalue weighted by atomic mass is 9.86. The summed E-state index contributed by atoms with van der Waals surface area (Å²) in [5, 5.41) is 0. The molecule has 1 aromatic heterocycles. The van der Waals surface area contributed by atoms with Gasteiger partial charge < -0.3 is 10.3 Å². The van der Waals surface area contributed by atoms with Crippen molar-refractivity contribution >= 4 is 11.0 Å². The molecule has 0 saturated heterocycles. The van der Waals surface area contributed by atoms with E-state index in [4.69, 9.17) is 5.73 Å². The molecule has 0 unspecified atom stereocenters. The summed E-state index contributed by atoms with van der Waals surface area (Å²) >= 11 is 0. The van der Waals surface area contributed by atoms with Crippen LogP contribution in [0.15, 0.2) is 30.3 Å². The minimum Gasteiger partial charge on any atom is -0.326 e. The maximum absolute atomic E-state index is 14.1. The van der Waals surface area contributed by atoms with Crippen LogP contribution in [0.3, 0.4) is 0 Å². The predicted octanol–water partition coefficient (Wildman–Crippen LogP) is 4.14. The fourth-order valence-electron chi connectivity index (χ4n) is 3.56. The molecule has 3 aromatic rings. The molecule has 3 nitrogen and oxygen atoms in total. The first kappa shape index (κ1) is 17.8. The second kappa shape index (κ2) is 5.98. The van der Waals surface area contributed by atoms with Gasteiger partial charge in [-0.2, -0.15) is 13.2 Å². The van der Waals surface area contributed by atoms with Gasteiger partial charge in [0.15, 0.2) is 11.6 Å². The van der Waals surface area contributed by atoms with Crippen LogP contribution in [0.25, 0.3) is 11.0 Å². The first-order valence-electron chi connectivity index (χ1n) is 8.11. The number of halogens is 6. The van der Waals surface area contributed by atoms with E-state index in [-0.39, 0.29) is 24.0 Å². The summed E-state index contributed by atoms with van der Waals surface area (Å²) in [6, 6.07) is 3.82. The molecule has 1 aliphatic heterocycles. The molecule has 27 heavy (non-hydrogen) atoms. The van der Waals surface area contributed by atoms with E-state index in [9.17, 15) is 26.3 Å². The van der Waals surface area contributed by atoms with Gasteiger partial charge in [-0.3, -0.25) is 0 Å². The van der Waals surface area contributed by atoms with Gasteiger partial charge in [-0.25, -0.2) is 18.2 Å². The van der Waals surface area contributed by atoms with Gasteiger partial charge in [-0.05, 0) is 29.8 Å². The van der Waals surface area contributed by atoms with Crippen molar-refractivity contribution in [3.63, 3.8) is 0 Å². The Morgan fingerprint density at radius 3 is 2.41 bits per heavy atom. The normalized spacial score (nSPS) is 20.1. The molecule has 142 valence electrons. The molecule has 0 fully saturated rings. The number of rotatable bonds is 1. The molecule has 2 heterocycles. The minimum atomic E-state index is -4.49. The van der Waals surface area contributed by atoms with E-state index in [0.29, 0.717) is 17.4 Å². The van der Waals surface area contributed by atoms with Crippen molar-refractivity contribution < 1.29 is 26.3 Å². The number of nitrogens with two attached hydrogens (primary N) is 1. The maximum Gasteiger partial charge on any atom is 0.416 e. The Hall–Kier alpha value is -2.55. The van der Waals surface area contributed by atoms with Gasteiger partial charge in [0.1, 0.15) is 11.6 Å². The van der Waals surface area contributed by atoms with E-state index in [1.165, 1.54) is 6.07 Å². The minimum absolute atomic E-state index is 0.0734. The Labute approximate surface area is 149 Å². The van der Waals surface area contributed by atoms with E-state index in [0.717, 1.165) is 18.2 Å². The molecular formula is C18H13F6N3. The lowest BCUT2D eigenvalue weighted by molar-refractivity contribution is -0.137. The molecule has 2 aromatic carbocycles. The highest BCUT2D eigenvalue weighted by Crippen LogP contribution is 2.35. The van der Waals surface area contributed by atoms with Gasteiger partial charge in [-0.15, -0.1) is 0 Å². The maximum atomic E-state index is 14.1. The van der Waals surface area contributed by atoms with Crippen molar-refractivity contribution in [1.82, 2.24) is 9.55 Å². The van der Waals surface area contributed by atoms with Gasteiger partial charge in [0.05, 0.1) is 16.6 Å². The van der Waals surface area contributed by atoms with E-state index in [2.05, 4.69) is 4.98 Å². The van der Waals surface area contributed by atoms with Crippen LogP contribution in [0.4, 0.5) is 26.3 Å². The van der Waals surface area contributed by atoms with Gasteiger partial charge in [0.2, 0.25) is 0 Å². The number of benzene rings is 2. The SMILES string of the molecule is N[C@H]1Cn2c(nc3cc(C(F)(F)F)ccc32)C[C@@H]1c1cc(F)c(F)cc1F. The van der Waals surface area contributed by atoms with Crippen LogP contribution >= 0.6 is 0 Å². The van der Waals surface area contributed by atoms with E-state index >= 15 is 0 Å². The molecule has 2 atom stereocenters. The average molecular weight is 385 g/mol. The second-order valence-corrected chi connectivity index (χ2v) is 6.60. The number of hydrogen-bond donors (Lipinski definition) is 1. The van der Waals surface area contributed by atoms with Crippen LogP contribution in [0.2, 0.25) is 0 Å². The molecule has 1 aliphatic rings. The van der Waals surface area contributed by atoms with Gasteiger partial charge in [-0.1, -0.05) is 0 Å². The third-order valence-electron chi connectivity index (χ3n) is 4.91. The zero-order valence-electron chi connectivity index (χ0n) is 13.7. The topological polar surface area (TPSA) is 43.8 Å². The standard InChI is InChI=1S/C18H13F6N3/c19-11-6-13(21)12(20)4-9(11)10-5-17-26-15-3-8(18(22,23)24)1-2-16(15)27(17)7-14(10)25/h1-4,6,10,14H,5,7,25H2/t10-,14+/m1/s1. The number of imidazole rings is 1. The van der Waals surface area contributed by atoms with Crippen LogP contribution < -0.4 is 5.73 Å². The van der Waals surface area contributed by atoms with Crippen LogP contribution in [-0.2, 0) is 19.1 Å². The predicted molar refractivity (Wildman–Crippen MR) is 85.5 cm³/mol. The smallest absolute Gasteiger partial charge is 0.326 e. The van der Waals surface area contributed by atoms with Gasteiger partial charge in [0.25, 0.3) is 0 Å². The molecule has 0 bridgehead atoms. The second-order valence-electron chi connectivity index (χ2n) is 6.60. The van der Waals surface area contributed by atoms with Crippen molar-refractivity contribution in [3.05, 3.63) is 64.7 Å². The Morgan fingerprint density at radius 2 is 1.70 bits per heavy atom. The Kier molecular flexibility index (Phi) is 3.95. The fraction of sp³-hybridized carbons (Fsp3) is 0.278. The third-order valence-corrected chi connectivity index (χ3v) is 4.91. The van der Waals surface area contributed by atoms with Crippen molar-refractivity contribution in [2.24, 2.45) is 5.73 Å². The molecule has 9 heteroatoms. The van der Waals surface area contributed by atoms with Crippen LogP contribution in [0, 0.1) is 17.5 Å². The molecule has 0 aliphatic carbocycles. The van der Waals surface area contributed by atoms with Crippen molar-refractivity contribution in [3.8, 4) is 0 Å². The summed E-state index contributed by atoms with van der Waals surface area (Å²) in [5.74, 6) is -3.66. The number of fused-ring (bicyclic) bond motifs is 3. The molecule has 0 radical (unpaired) electrons. The zero-order chi connectivity index (χ0) is 19.5. The Morgan fingerprint density at radius 1 is 1.00 bits per heavy atom. The third kappa shape index (κ3) is 2.95. The average Bonchev–Trinajstić information content (AvgIpc) is 2.93. The molecule has 4 rings (SSSR count). The molecular weight excluding hydrogens is 372 g/mol. The summed E-state index contributed by atoms with van der Waals surface area (Å²) in [7, 11) is 0. The largest absolute Gasteiger partial charge is 0.416 e. The van der Waals surface area contributed by atoms with E-state index in [1.54, 1.807) is 4.57 Å². The zero-order valence-corrected chi connectivity index (χ0v) is 13.7. The summed E-state index contributed by atoms with van der Waals surface area (Å²) in [5.41, 5.74) is 5.86. The lowest BCUT2D eigenvalue weighted by Crippen LogP contribution is -2.39. The van der Waals surface area contributed by atoms with E-state index < -0.39 is 41.2 Å². The Balaban J connectivity index is 1.77. The Bertz CT molecular complexity index is 1040. The summed E-state index contributed by atoms with van der Waals surface area (Å²) < 4.78 is 81.2. The van der Waals surface area contributed by atoms with Crippen LogP contribution in [0.1, 0.15) is 22.9 Å².